The second-order valence-electron chi connectivity index (χ2n) is 1.91. The Morgan fingerprint density at radius 3 is 2.80 bits per heavy atom. The summed E-state index contributed by atoms with van der Waals surface area (Å²) in [5.41, 5.74) is 1.08. The maximum Gasteiger partial charge on any atom is 0.0373 e. The van der Waals surface area contributed by atoms with Crippen molar-refractivity contribution in [1.82, 2.24) is 4.98 Å². The molecule has 0 aliphatic carbocycles. The Kier molecular flexibility index (Phi) is 2.49. The van der Waals surface area contributed by atoms with Crippen molar-refractivity contribution in [2.75, 3.05) is 11.9 Å². The Balaban J connectivity index is 2.50. The molecule has 0 fully saturated rings. The summed E-state index contributed by atoms with van der Waals surface area (Å²) in [4.78, 5) is 3.89. The Morgan fingerprint density at radius 2 is 2.20 bits per heavy atom. The molecule has 0 aliphatic heterocycles. The fourth-order valence-electron chi connectivity index (χ4n) is 0.660. The van der Waals surface area contributed by atoms with E-state index in [9.17, 15) is 0 Å². The van der Waals surface area contributed by atoms with Gasteiger partial charge in [-0.2, -0.15) is 0 Å². The molecule has 0 saturated heterocycles. The Hall–Kier alpha value is -1.31. The van der Waals surface area contributed by atoms with Gasteiger partial charge in [-0.25, -0.2) is 0 Å². The van der Waals surface area contributed by atoms with Gasteiger partial charge in [0.2, 0.25) is 0 Å². The molecular weight excluding hydrogens is 124 g/mol. The molecule has 0 saturated carbocycles. The second kappa shape index (κ2) is 3.67. The lowest BCUT2D eigenvalue weighted by Gasteiger charge is -1.99. The molecule has 0 aliphatic rings. The normalized spacial score (nSPS) is 8.80. The van der Waals surface area contributed by atoms with E-state index in [0.717, 1.165) is 12.2 Å². The first kappa shape index (κ1) is 6.81. The zero-order valence-electron chi connectivity index (χ0n) is 5.75. The van der Waals surface area contributed by atoms with E-state index >= 15 is 0 Å². The average Bonchev–Trinajstić information content (AvgIpc) is 2.03. The van der Waals surface area contributed by atoms with Gasteiger partial charge in [0.15, 0.2) is 0 Å². The summed E-state index contributed by atoms with van der Waals surface area (Å²) in [5, 5.41) is 3.14. The largest absolute Gasteiger partial charge is 0.381 e. The highest BCUT2D eigenvalue weighted by atomic mass is 14.9. The van der Waals surface area contributed by atoms with Crippen LogP contribution in [-0.4, -0.2) is 11.5 Å². The number of rotatable bonds is 3. The van der Waals surface area contributed by atoms with Gasteiger partial charge in [0.1, 0.15) is 0 Å². The van der Waals surface area contributed by atoms with E-state index in [1.54, 1.807) is 12.4 Å². The van der Waals surface area contributed by atoms with Gasteiger partial charge in [0.25, 0.3) is 0 Å². The third kappa shape index (κ3) is 1.90. The molecule has 0 atom stereocenters. The van der Waals surface area contributed by atoms with Gasteiger partial charge in [0, 0.05) is 24.6 Å². The molecule has 1 aromatic rings. The van der Waals surface area contributed by atoms with Gasteiger partial charge in [-0.05, 0) is 12.1 Å². The zero-order chi connectivity index (χ0) is 7.23. The van der Waals surface area contributed by atoms with Crippen LogP contribution in [0.3, 0.4) is 0 Å². The van der Waals surface area contributed by atoms with E-state index in [1.165, 1.54) is 0 Å². The highest BCUT2D eigenvalue weighted by Gasteiger charge is 1.83. The monoisotopic (exact) mass is 134 g/mol. The molecule has 0 amide bonds. The number of hydrogen-bond acceptors (Lipinski definition) is 2. The number of nitrogens with one attached hydrogen (secondary N) is 1. The minimum Gasteiger partial charge on any atom is -0.381 e. The van der Waals surface area contributed by atoms with Gasteiger partial charge >= 0.3 is 0 Å². The van der Waals surface area contributed by atoms with E-state index in [1.807, 2.05) is 18.2 Å². The molecule has 2 nitrogen and oxygen atoms in total. The van der Waals surface area contributed by atoms with Gasteiger partial charge < -0.3 is 5.32 Å². The van der Waals surface area contributed by atoms with Crippen LogP contribution in [0.5, 0.6) is 0 Å². The van der Waals surface area contributed by atoms with Crippen LogP contribution in [0.15, 0.2) is 37.2 Å². The summed E-state index contributed by atoms with van der Waals surface area (Å²) >= 11 is 0. The standard InChI is InChI=1S/C8H10N2/c1-2-5-10-8-3-6-9-7-4-8/h2-4,6-7H,1,5H2,(H,9,10). The molecule has 1 rings (SSSR count). The minimum absolute atomic E-state index is 0.796. The first-order valence-corrected chi connectivity index (χ1v) is 3.18. The summed E-state index contributed by atoms with van der Waals surface area (Å²) in [6, 6.07) is 3.84. The van der Waals surface area contributed by atoms with Gasteiger partial charge in [0.05, 0.1) is 0 Å². The van der Waals surface area contributed by atoms with Crippen molar-refractivity contribution in [3.8, 4) is 0 Å². The first-order valence-electron chi connectivity index (χ1n) is 3.18. The van der Waals surface area contributed by atoms with Crippen molar-refractivity contribution < 1.29 is 0 Å². The number of nitrogens with zero attached hydrogens (tertiary/aromatic N) is 1. The zero-order valence-corrected chi connectivity index (χ0v) is 5.75. The topological polar surface area (TPSA) is 24.9 Å². The first-order chi connectivity index (χ1) is 4.93. The molecule has 0 radical (unpaired) electrons. The molecule has 1 heterocycles. The smallest absolute Gasteiger partial charge is 0.0373 e. The summed E-state index contributed by atoms with van der Waals surface area (Å²) in [6.45, 7) is 4.39. The number of anilines is 1. The van der Waals surface area contributed by atoms with Gasteiger partial charge in [-0.15, -0.1) is 6.58 Å². The fraction of sp³-hybridized carbons (Fsp3) is 0.125. The van der Waals surface area contributed by atoms with Crippen LogP contribution in [0.4, 0.5) is 5.69 Å². The molecule has 0 bridgehead atoms. The molecule has 0 aromatic carbocycles. The van der Waals surface area contributed by atoms with Crippen LogP contribution < -0.4 is 5.32 Å². The van der Waals surface area contributed by atoms with Crippen LogP contribution in [0.2, 0.25) is 0 Å². The lowest BCUT2D eigenvalue weighted by atomic mass is 10.4. The van der Waals surface area contributed by atoms with Crippen LogP contribution in [0.25, 0.3) is 0 Å². The van der Waals surface area contributed by atoms with Crippen molar-refractivity contribution in [3.05, 3.63) is 37.2 Å². The average molecular weight is 134 g/mol. The number of aromatic nitrogens is 1. The molecule has 0 spiro atoms. The lowest BCUT2D eigenvalue weighted by Crippen LogP contribution is -1.96. The third-order valence-corrected chi connectivity index (χ3v) is 1.13. The quantitative estimate of drug-likeness (QED) is 0.636. The van der Waals surface area contributed by atoms with E-state index in [0.29, 0.717) is 0 Å². The minimum atomic E-state index is 0.796. The maximum atomic E-state index is 3.89. The van der Waals surface area contributed by atoms with Crippen LogP contribution in [-0.2, 0) is 0 Å². The molecule has 10 heavy (non-hydrogen) atoms. The number of hydrogen-bond donors (Lipinski definition) is 1. The molecule has 52 valence electrons. The SMILES string of the molecule is C=CCNc1ccncc1. The van der Waals surface area contributed by atoms with Crippen molar-refractivity contribution in [2.45, 2.75) is 0 Å². The predicted octanol–water partition coefficient (Wildman–Crippen LogP) is 1.68. The van der Waals surface area contributed by atoms with Crippen molar-refractivity contribution in [1.29, 1.82) is 0 Å². The number of pyridine rings is 1. The molecule has 0 unspecified atom stereocenters. The van der Waals surface area contributed by atoms with E-state index in [2.05, 4.69) is 16.9 Å². The summed E-state index contributed by atoms with van der Waals surface area (Å²) in [5.74, 6) is 0. The van der Waals surface area contributed by atoms with Crippen molar-refractivity contribution in [2.24, 2.45) is 0 Å². The summed E-state index contributed by atoms with van der Waals surface area (Å²) < 4.78 is 0. The predicted molar refractivity (Wildman–Crippen MR) is 42.9 cm³/mol. The molecule has 2 heteroatoms. The third-order valence-electron chi connectivity index (χ3n) is 1.13. The van der Waals surface area contributed by atoms with Crippen molar-refractivity contribution >= 4 is 5.69 Å². The highest BCUT2D eigenvalue weighted by Crippen LogP contribution is 2.01. The fourth-order valence-corrected chi connectivity index (χ4v) is 0.660. The highest BCUT2D eigenvalue weighted by molar-refractivity contribution is 5.41. The van der Waals surface area contributed by atoms with Crippen LogP contribution in [0.1, 0.15) is 0 Å². The lowest BCUT2D eigenvalue weighted by molar-refractivity contribution is 1.28. The summed E-state index contributed by atoms with van der Waals surface area (Å²) in [7, 11) is 0. The summed E-state index contributed by atoms with van der Waals surface area (Å²) in [6.07, 6.45) is 5.33. The maximum absolute atomic E-state index is 3.89. The van der Waals surface area contributed by atoms with E-state index in [-0.39, 0.29) is 0 Å². The van der Waals surface area contributed by atoms with E-state index < -0.39 is 0 Å². The second-order valence-corrected chi connectivity index (χ2v) is 1.91. The van der Waals surface area contributed by atoms with Crippen LogP contribution >= 0.6 is 0 Å². The Labute approximate surface area is 60.6 Å². The van der Waals surface area contributed by atoms with E-state index in [4.69, 9.17) is 0 Å². The van der Waals surface area contributed by atoms with Gasteiger partial charge in [-0.3, -0.25) is 4.98 Å². The molecular formula is C8H10N2. The Bertz CT molecular complexity index is 194. The molecule has 1 aromatic heterocycles. The van der Waals surface area contributed by atoms with Crippen molar-refractivity contribution in [3.63, 3.8) is 0 Å². The molecule has 1 N–H and O–H groups in total. The Morgan fingerprint density at radius 1 is 1.50 bits per heavy atom. The van der Waals surface area contributed by atoms with Gasteiger partial charge in [-0.1, -0.05) is 6.08 Å². The van der Waals surface area contributed by atoms with Crippen LogP contribution in [0, 0.1) is 0 Å².